The van der Waals surface area contributed by atoms with E-state index in [9.17, 15) is 39.2 Å². The fourth-order valence-corrected chi connectivity index (χ4v) is 3.42. The molecule has 0 saturated carbocycles. The molecule has 0 spiro atoms. The molecular formula is C26H19FN2O10. The van der Waals surface area contributed by atoms with Gasteiger partial charge in [-0.1, -0.05) is 12.1 Å². The van der Waals surface area contributed by atoms with E-state index in [1.54, 1.807) is 12.1 Å². The molecule has 0 aliphatic rings. The molecule has 12 nitrogen and oxygen atoms in total. The van der Waals surface area contributed by atoms with Crippen molar-refractivity contribution < 1.29 is 53.8 Å². The van der Waals surface area contributed by atoms with Crippen LogP contribution in [0.2, 0.25) is 0 Å². The van der Waals surface area contributed by atoms with E-state index in [0.29, 0.717) is 18.5 Å². The summed E-state index contributed by atoms with van der Waals surface area (Å²) in [4.78, 5) is 36.4. The lowest BCUT2D eigenvalue weighted by molar-refractivity contribution is 0.0685. The molecular weight excluding hydrogens is 519 g/mol. The summed E-state index contributed by atoms with van der Waals surface area (Å²) >= 11 is 0. The van der Waals surface area contributed by atoms with Crippen molar-refractivity contribution >= 4 is 17.9 Å². The number of phenolic OH excluding ortho intramolecular Hbond substituents is 4. The Labute approximate surface area is 218 Å². The lowest BCUT2D eigenvalue weighted by Crippen LogP contribution is -2.12. The molecule has 1 heterocycles. The highest BCUT2D eigenvalue weighted by Crippen LogP contribution is 2.39. The number of phenols is 4. The molecule has 39 heavy (non-hydrogen) atoms. The third-order valence-electron chi connectivity index (χ3n) is 5.43. The number of hydrogen-bond donors (Lipinski definition) is 6. The van der Waals surface area contributed by atoms with Gasteiger partial charge in [-0.2, -0.15) is 5.10 Å². The molecule has 0 fully saturated rings. The second-order valence-electron chi connectivity index (χ2n) is 8.17. The molecule has 0 atom stereocenters. The number of H-pyrrole nitrogens is 1. The van der Waals surface area contributed by atoms with Gasteiger partial charge in [0.25, 0.3) is 0 Å². The highest BCUT2D eigenvalue weighted by atomic mass is 19.1. The topological polar surface area (TPSA) is 199 Å². The number of aryl methyl sites for hydroxylation is 2. The van der Waals surface area contributed by atoms with Gasteiger partial charge in [-0.15, -0.1) is 0 Å². The molecule has 0 aliphatic carbocycles. The summed E-state index contributed by atoms with van der Waals surface area (Å²) in [5.41, 5.74) is 0.278. The summed E-state index contributed by atoms with van der Waals surface area (Å²) in [5.74, 6) is -8.95. The van der Waals surface area contributed by atoms with Crippen LogP contribution >= 0.6 is 0 Å². The van der Waals surface area contributed by atoms with Gasteiger partial charge in [0.1, 0.15) is 11.5 Å². The number of carboxylic acid groups (broad SMARTS) is 1. The smallest absolute Gasteiger partial charge is 0.361 e. The number of rotatable bonds is 8. The Balaban J connectivity index is 1.48. The normalized spacial score (nSPS) is 10.7. The number of aromatic hydroxyl groups is 4. The van der Waals surface area contributed by atoms with Crippen LogP contribution in [0.1, 0.15) is 42.5 Å². The maximum atomic E-state index is 13.0. The second kappa shape index (κ2) is 10.8. The Morgan fingerprint density at radius 1 is 0.769 bits per heavy atom. The number of halogens is 1. The molecule has 0 unspecified atom stereocenters. The van der Waals surface area contributed by atoms with E-state index in [-0.39, 0.29) is 11.5 Å². The third-order valence-corrected chi connectivity index (χ3v) is 5.43. The third kappa shape index (κ3) is 6.05. The molecule has 0 bridgehead atoms. The number of hydrogen-bond acceptors (Lipinski definition) is 10. The zero-order valence-corrected chi connectivity index (χ0v) is 19.7. The highest BCUT2D eigenvalue weighted by Gasteiger charge is 2.23. The number of aromatic amines is 1. The minimum atomic E-state index is -1.48. The van der Waals surface area contributed by atoms with Crippen molar-refractivity contribution in [3.05, 3.63) is 88.5 Å². The van der Waals surface area contributed by atoms with Crippen LogP contribution in [0.25, 0.3) is 0 Å². The van der Waals surface area contributed by atoms with E-state index in [0.717, 1.165) is 29.8 Å². The molecule has 200 valence electrons. The first-order chi connectivity index (χ1) is 18.5. The van der Waals surface area contributed by atoms with E-state index in [4.69, 9.17) is 14.6 Å². The molecule has 4 aromatic rings. The molecule has 3 aromatic carbocycles. The SMILES string of the molecule is O=C(O)c1cc(O)c(O)c(OC(=O)c2cc(O)c(O)c(OC(=O)c3cc(CCc4ccc(F)cc4)n[nH]3)c2)c1. The Kier molecular flexibility index (Phi) is 7.33. The van der Waals surface area contributed by atoms with Gasteiger partial charge in [-0.05, 0) is 60.9 Å². The van der Waals surface area contributed by atoms with Gasteiger partial charge in [-0.3, -0.25) is 5.10 Å². The van der Waals surface area contributed by atoms with Gasteiger partial charge in [-0.25, -0.2) is 18.8 Å². The average Bonchev–Trinajstić information content (AvgIpc) is 3.38. The summed E-state index contributed by atoms with van der Waals surface area (Å²) in [6.07, 6.45) is 0.926. The Morgan fingerprint density at radius 3 is 1.95 bits per heavy atom. The van der Waals surface area contributed by atoms with Crippen molar-refractivity contribution in [2.75, 3.05) is 0 Å². The minimum Gasteiger partial charge on any atom is -0.504 e. The predicted molar refractivity (Wildman–Crippen MR) is 129 cm³/mol. The van der Waals surface area contributed by atoms with Gasteiger partial charge < -0.3 is 35.0 Å². The molecule has 1 aromatic heterocycles. The number of carboxylic acids is 1. The molecule has 0 saturated heterocycles. The van der Waals surface area contributed by atoms with E-state index in [2.05, 4.69) is 10.2 Å². The van der Waals surface area contributed by atoms with Crippen molar-refractivity contribution in [3.63, 3.8) is 0 Å². The largest absolute Gasteiger partial charge is 0.504 e. The molecule has 4 rings (SSSR count). The van der Waals surface area contributed by atoms with Gasteiger partial charge in [0.2, 0.25) is 11.5 Å². The fraction of sp³-hybridized carbons (Fsp3) is 0.0769. The van der Waals surface area contributed by atoms with E-state index >= 15 is 0 Å². The van der Waals surface area contributed by atoms with Crippen molar-refractivity contribution in [2.24, 2.45) is 0 Å². The fourth-order valence-electron chi connectivity index (χ4n) is 3.42. The summed E-state index contributed by atoms with van der Waals surface area (Å²) in [7, 11) is 0. The van der Waals surface area contributed by atoms with Crippen LogP contribution < -0.4 is 9.47 Å². The lowest BCUT2D eigenvalue weighted by atomic mass is 10.1. The van der Waals surface area contributed by atoms with Crippen LogP contribution in [-0.2, 0) is 12.8 Å². The van der Waals surface area contributed by atoms with Crippen molar-refractivity contribution in [1.29, 1.82) is 0 Å². The maximum Gasteiger partial charge on any atom is 0.361 e. The van der Waals surface area contributed by atoms with Gasteiger partial charge in [0, 0.05) is 0 Å². The number of esters is 2. The summed E-state index contributed by atoms with van der Waals surface area (Å²) in [6.45, 7) is 0. The highest BCUT2D eigenvalue weighted by molar-refractivity contribution is 5.95. The van der Waals surface area contributed by atoms with E-state index < -0.39 is 63.5 Å². The minimum absolute atomic E-state index is 0.109. The van der Waals surface area contributed by atoms with Crippen molar-refractivity contribution in [2.45, 2.75) is 12.8 Å². The number of carbonyl (C=O) groups is 3. The quantitative estimate of drug-likeness (QED) is 0.109. The van der Waals surface area contributed by atoms with Gasteiger partial charge in [0.15, 0.2) is 23.0 Å². The number of ether oxygens (including phenoxy) is 2. The van der Waals surface area contributed by atoms with Crippen LogP contribution in [0.4, 0.5) is 4.39 Å². The standard InChI is InChI=1S/C26H19FN2O10/c27-15-4-1-12(2-5-15)3-6-16-11-17(29-28-16)26(37)39-21-10-14(8-19(31)23(21)33)25(36)38-20-9-13(24(34)35)7-18(30)22(20)32/h1-2,4-5,7-11,30-33H,3,6H2,(H,28,29)(H,34,35). The van der Waals surface area contributed by atoms with Crippen LogP contribution in [0.15, 0.2) is 54.6 Å². The Morgan fingerprint density at radius 2 is 1.33 bits per heavy atom. The Hall–Kier alpha value is -5.59. The summed E-state index contributed by atoms with van der Waals surface area (Å²) in [6, 6.07) is 10.4. The summed E-state index contributed by atoms with van der Waals surface area (Å²) < 4.78 is 23.1. The first-order valence-electron chi connectivity index (χ1n) is 11.1. The van der Waals surface area contributed by atoms with Crippen LogP contribution in [-0.4, -0.2) is 53.6 Å². The number of carbonyl (C=O) groups excluding carboxylic acids is 2. The summed E-state index contributed by atoms with van der Waals surface area (Å²) in [5, 5.41) is 55.3. The lowest BCUT2D eigenvalue weighted by Gasteiger charge is -2.11. The first kappa shape index (κ1) is 26.5. The van der Waals surface area contributed by atoms with Crippen molar-refractivity contribution in [3.8, 4) is 34.5 Å². The number of nitrogens with zero attached hydrogens (tertiary/aromatic N) is 1. The number of aromatic carboxylic acids is 1. The molecule has 0 aliphatic heterocycles. The van der Waals surface area contributed by atoms with Gasteiger partial charge >= 0.3 is 17.9 Å². The van der Waals surface area contributed by atoms with E-state index in [1.807, 2.05) is 0 Å². The molecule has 0 amide bonds. The zero-order chi connectivity index (χ0) is 28.3. The average molecular weight is 538 g/mol. The number of nitrogens with one attached hydrogen (secondary N) is 1. The zero-order valence-electron chi connectivity index (χ0n) is 19.7. The maximum absolute atomic E-state index is 13.0. The number of benzene rings is 3. The number of aromatic nitrogens is 2. The van der Waals surface area contributed by atoms with Crippen LogP contribution in [0.3, 0.4) is 0 Å². The van der Waals surface area contributed by atoms with Gasteiger partial charge in [0.05, 0.1) is 16.8 Å². The van der Waals surface area contributed by atoms with E-state index in [1.165, 1.54) is 18.2 Å². The molecule has 0 radical (unpaired) electrons. The van der Waals surface area contributed by atoms with Crippen LogP contribution in [0.5, 0.6) is 34.5 Å². The van der Waals surface area contributed by atoms with Crippen molar-refractivity contribution in [1.82, 2.24) is 10.2 Å². The molecule has 13 heteroatoms. The van der Waals surface area contributed by atoms with Crippen LogP contribution in [0, 0.1) is 5.82 Å². The predicted octanol–water partition coefficient (Wildman–Crippen LogP) is 3.29. The Bertz CT molecular complexity index is 1580. The first-order valence-corrected chi connectivity index (χ1v) is 11.1. The second-order valence-corrected chi connectivity index (χ2v) is 8.17. The monoisotopic (exact) mass is 538 g/mol. The molecule has 6 N–H and O–H groups in total.